The summed E-state index contributed by atoms with van der Waals surface area (Å²) in [4.78, 5) is 17.3. The van der Waals surface area contributed by atoms with Gasteiger partial charge in [0.2, 0.25) is 5.88 Å². The first kappa shape index (κ1) is 10.0. The van der Waals surface area contributed by atoms with Gasteiger partial charge in [-0.2, -0.15) is 0 Å². The van der Waals surface area contributed by atoms with E-state index in [9.17, 15) is 4.79 Å². The lowest BCUT2D eigenvalue weighted by Gasteiger charge is -2.05. The average Bonchev–Trinajstić information content (AvgIpc) is 2.28. The van der Waals surface area contributed by atoms with Crippen LogP contribution in [0.15, 0.2) is 35.4 Å². The van der Waals surface area contributed by atoms with Crippen molar-refractivity contribution < 1.29 is 4.74 Å². The Balaban J connectivity index is 2.30. The topological polar surface area (TPSA) is 107 Å². The zero-order chi connectivity index (χ0) is 11.5. The van der Waals surface area contributed by atoms with Crippen LogP contribution >= 0.6 is 0 Å². The SMILES string of the molecule is Nc1ccc(Oc2nc[nH]c(=O)c2N)cc1. The smallest absolute Gasteiger partial charge is 0.277 e. The van der Waals surface area contributed by atoms with Crippen molar-refractivity contribution in [3.63, 3.8) is 0 Å². The number of rotatable bonds is 2. The average molecular weight is 218 g/mol. The summed E-state index contributed by atoms with van der Waals surface area (Å²) in [6.45, 7) is 0. The van der Waals surface area contributed by atoms with E-state index in [-0.39, 0.29) is 11.6 Å². The molecule has 2 rings (SSSR count). The van der Waals surface area contributed by atoms with E-state index in [0.29, 0.717) is 11.4 Å². The van der Waals surface area contributed by atoms with Gasteiger partial charge in [0.15, 0.2) is 5.69 Å². The van der Waals surface area contributed by atoms with E-state index >= 15 is 0 Å². The molecule has 0 unspecified atom stereocenters. The second kappa shape index (κ2) is 3.93. The maximum atomic E-state index is 11.2. The van der Waals surface area contributed by atoms with Crippen LogP contribution in [0.25, 0.3) is 0 Å². The van der Waals surface area contributed by atoms with E-state index < -0.39 is 5.56 Å². The predicted octanol–water partition coefficient (Wildman–Crippen LogP) is 0.727. The number of ether oxygens (including phenoxy) is 1. The molecule has 5 N–H and O–H groups in total. The molecule has 0 saturated heterocycles. The predicted molar refractivity (Wildman–Crippen MR) is 60.2 cm³/mol. The highest BCUT2D eigenvalue weighted by Crippen LogP contribution is 2.22. The van der Waals surface area contributed by atoms with E-state index in [1.54, 1.807) is 24.3 Å². The Labute approximate surface area is 90.9 Å². The summed E-state index contributed by atoms with van der Waals surface area (Å²) in [5.74, 6) is 0.590. The van der Waals surface area contributed by atoms with Crippen molar-refractivity contribution >= 4 is 11.4 Å². The van der Waals surface area contributed by atoms with Gasteiger partial charge in [-0.3, -0.25) is 4.79 Å². The van der Waals surface area contributed by atoms with Crippen molar-refractivity contribution in [2.45, 2.75) is 0 Å². The molecule has 0 saturated carbocycles. The third kappa shape index (κ3) is 1.95. The molecule has 6 heteroatoms. The number of nitrogens with zero attached hydrogens (tertiary/aromatic N) is 1. The number of hydrogen-bond acceptors (Lipinski definition) is 5. The third-order valence-electron chi connectivity index (χ3n) is 1.95. The van der Waals surface area contributed by atoms with Gasteiger partial charge in [-0.25, -0.2) is 4.98 Å². The summed E-state index contributed by atoms with van der Waals surface area (Å²) >= 11 is 0. The van der Waals surface area contributed by atoms with Crippen LogP contribution in [0.5, 0.6) is 11.6 Å². The van der Waals surface area contributed by atoms with Gasteiger partial charge < -0.3 is 21.2 Å². The van der Waals surface area contributed by atoms with Crippen LogP contribution in [-0.4, -0.2) is 9.97 Å². The zero-order valence-corrected chi connectivity index (χ0v) is 8.31. The van der Waals surface area contributed by atoms with Gasteiger partial charge in [0.1, 0.15) is 5.75 Å². The first-order valence-electron chi connectivity index (χ1n) is 4.53. The van der Waals surface area contributed by atoms with Crippen LogP contribution in [0.1, 0.15) is 0 Å². The van der Waals surface area contributed by atoms with E-state index in [1.165, 1.54) is 6.33 Å². The zero-order valence-electron chi connectivity index (χ0n) is 8.31. The molecule has 0 spiro atoms. The fraction of sp³-hybridized carbons (Fsp3) is 0. The summed E-state index contributed by atoms with van der Waals surface area (Å²) in [5.41, 5.74) is 11.2. The quantitative estimate of drug-likeness (QED) is 0.644. The molecule has 0 aliphatic carbocycles. The number of hydrogen-bond donors (Lipinski definition) is 3. The summed E-state index contributed by atoms with van der Waals surface area (Å²) < 4.78 is 5.33. The van der Waals surface area contributed by atoms with Crippen LogP contribution in [0, 0.1) is 0 Å². The standard InChI is InChI=1S/C10H10N4O2/c11-6-1-3-7(4-2-6)16-10-8(12)9(15)13-5-14-10/h1-5H,11-12H2,(H,13,14,15). The Morgan fingerprint density at radius 1 is 1.19 bits per heavy atom. The molecule has 1 heterocycles. The summed E-state index contributed by atoms with van der Waals surface area (Å²) in [7, 11) is 0. The van der Waals surface area contributed by atoms with Gasteiger partial charge in [0.05, 0.1) is 6.33 Å². The van der Waals surface area contributed by atoms with E-state index in [0.717, 1.165) is 0 Å². The Kier molecular flexibility index (Phi) is 2.47. The third-order valence-corrected chi connectivity index (χ3v) is 1.95. The molecule has 0 aliphatic heterocycles. The minimum absolute atomic E-state index is 0.0562. The fourth-order valence-corrected chi connectivity index (χ4v) is 1.12. The molecule has 0 amide bonds. The first-order valence-corrected chi connectivity index (χ1v) is 4.53. The Morgan fingerprint density at radius 3 is 2.56 bits per heavy atom. The van der Waals surface area contributed by atoms with Gasteiger partial charge in [0.25, 0.3) is 5.56 Å². The summed E-state index contributed by atoms with van der Waals surface area (Å²) in [6, 6.07) is 6.69. The number of nitrogens with two attached hydrogens (primary N) is 2. The van der Waals surface area contributed by atoms with Gasteiger partial charge in [-0.05, 0) is 24.3 Å². The Morgan fingerprint density at radius 2 is 1.88 bits per heavy atom. The van der Waals surface area contributed by atoms with Gasteiger partial charge in [-0.1, -0.05) is 0 Å². The van der Waals surface area contributed by atoms with Crippen molar-refractivity contribution in [1.82, 2.24) is 9.97 Å². The number of H-pyrrole nitrogens is 1. The van der Waals surface area contributed by atoms with Crippen molar-refractivity contribution in [2.24, 2.45) is 0 Å². The van der Waals surface area contributed by atoms with Gasteiger partial charge in [0, 0.05) is 5.69 Å². The molecule has 0 fully saturated rings. The van der Waals surface area contributed by atoms with Crippen molar-refractivity contribution in [1.29, 1.82) is 0 Å². The number of benzene rings is 1. The molecule has 0 radical (unpaired) electrons. The molecule has 2 aromatic rings. The van der Waals surface area contributed by atoms with Crippen molar-refractivity contribution in [3.8, 4) is 11.6 Å². The lowest BCUT2D eigenvalue weighted by molar-refractivity contribution is 0.463. The lowest BCUT2D eigenvalue weighted by atomic mass is 10.3. The number of nitrogen functional groups attached to an aromatic ring is 2. The molecule has 82 valence electrons. The number of aromatic amines is 1. The minimum atomic E-state index is -0.430. The molecule has 0 bridgehead atoms. The summed E-state index contributed by atoms with van der Waals surface area (Å²) in [5, 5.41) is 0. The molecule has 0 atom stereocenters. The molecule has 1 aromatic carbocycles. The fourth-order valence-electron chi connectivity index (χ4n) is 1.12. The Hall–Kier alpha value is -2.50. The molecule has 6 nitrogen and oxygen atoms in total. The second-order valence-corrected chi connectivity index (χ2v) is 3.12. The highest BCUT2D eigenvalue weighted by molar-refractivity contribution is 5.48. The highest BCUT2D eigenvalue weighted by atomic mass is 16.5. The maximum Gasteiger partial charge on any atom is 0.277 e. The van der Waals surface area contributed by atoms with E-state index in [2.05, 4.69) is 9.97 Å². The second-order valence-electron chi connectivity index (χ2n) is 3.12. The Bertz CT molecular complexity index is 547. The molecule has 1 aromatic heterocycles. The molecule has 16 heavy (non-hydrogen) atoms. The normalized spacial score (nSPS) is 10.0. The maximum absolute atomic E-state index is 11.2. The van der Waals surface area contributed by atoms with Crippen LogP contribution in [-0.2, 0) is 0 Å². The van der Waals surface area contributed by atoms with Crippen molar-refractivity contribution in [2.75, 3.05) is 11.5 Å². The van der Waals surface area contributed by atoms with Crippen molar-refractivity contribution in [3.05, 3.63) is 40.9 Å². The van der Waals surface area contributed by atoms with Crippen LogP contribution in [0.3, 0.4) is 0 Å². The van der Waals surface area contributed by atoms with Gasteiger partial charge in [-0.15, -0.1) is 0 Å². The lowest BCUT2D eigenvalue weighted by Crippen LogP contribution is -2.13. The number of nitrogens with one attached hydrogen (secondary N) is 1. The molecule has 0 aliphatic rings. The number of anilines is 2. The van der Waals surface area contributed by atoms with E-state index in [1.807, 2.05) is 0 Å². The first-order chi connectivity index (χ1) is 7.66. The summed E-state index contributed by atoms with van der Waals surface area (Å²) in [6.07, 6.45) is 1.23. The highest BCUT2D eigenvalue weighted by Gasteiger charge is 2.06. The molecular formula is C10H10N4O2. The van der Waals surface area contributed by atoms with Crippen LogP contribution in [0.4, 0.5) is 11.4 Å². The van der Waals surface area contributed by atoms with Gasteiger partial charge >= 0.3 is 0 Å². The van der Waals surface area contributed by atoms with E-state index in [4.69, 9.17) is 16.2 Å². The molecular weight excluding hydrogens is 208 g/mol. The number of aromatic nitrogens is 2. The van der Waals surface area contributed by atoms with Crippen LogP contribution in [0.2, 0.25) is 0 Å². The van der Waals surface area contributed by atoms with Crippen LogP contribution < -0.4 is 21.8 Å². The monoisotopic (exact) mass is 218 g/mol. The minimum Gasteiger partial charge on any atom is -0.437 e. The largest absolute Gasteiger partial charge is 0.437 e.